The first kappa shape index (κ1) is 29.2. The van der Waals surface area contributed by atoms with E-state index in [9.17, 15) is 18.0 Å². The second kappa shape index (κ2) is 11.7. The number of halogens is 4. The predicted molar refractivity (Wildman–Crippen MR) is 148 cm³/mol. The second-order valence-corrected chi connectivity index (χ2v) is 11.4. The van der Waals surface area contributed by atoms with E-state index >= 15 is 0 Å². The Morgan fingerprint density at radius 1 is 1.03 bits per heavy atom. The van der Waals surface area contributed by atoms with E-state index in [1.807, 2.05) is 6.07 Å². The van der Waals surface area contributed by atoms with Gasteiger partial charge in [0.1, 0.15) is 11.4 Å². The van der Waals surface area contributed by atoms with E-state index < -0.39 is 17.8 Å². The van der Waals surface area contributed by atoms with Crippen molar-refractivity contribution in [2.24, 2.45) is 5.41 Å². The molecule has 1 amide bonds. The molecule has 1 fully saturated rings. The van der Waals surface area contributed by atoms with Gasteiger partial charge in [-0.3, -0.25) is 9.69 Å². The van der Waals surface area contributed by atoms with Gasteiger partial charge in [-0.15, -0.1) is 0 Å². The molecular weight excluding hydrogens is 527 g/mol. The maximum Gasteiger partial charge on any atom is 0.431 e. The Labute approximate surface area is 233 Å². The van der Waals surface area contributed by atoms with Crippen LogP contribution in [0.3, 0.4) is 0 Å². The summed E-state index contributed by atoms with van der Waals surface area (Å²) in [6, 6.07) is 15.5. The van der Waals surface area contributed by atoms with Crippen molar-refractivity contribution in [2.45, 2.75) is 33.5 Å². The van der Waals surface area contributed by atoms with E-state index in [0.29, 0.717) is 35.9 Å². The summed E-state index contributed by atoms with van der Waals surface area (Å²) in [5.74, 6) is -0.454. The fourth-order valence-electron chi connectivity index (χ4n) is 5.54. The van der Waals surface area contributed by atoms with E-state index in [2.05, 4.69) is 18.7 Å². The van der Waals surface area contributed by atoms with Crippen molar-refractivity contribution in [3.05, 3.63) is 82.1 Å². The van der Waals surface area contributed by atoms with Crippen molar-refractivity contribution in [1.29, 1.82) is 0 Å². The summed E-state index contributed by atoms with van der Waals surface area (Å²) in [5, 5.41) is 0.464. The fourth-order valence-corrected chi connectivity index (χ4v) is 5.66. The number of hydrogen-bond donors (Lipinski definition) is 0. The van der Waals surface area contributed by atoms with Gasteiger partial charge in [-0.05, 0) is 41.2 Å². The van der Waals surface area contributed by atoms with Gasteiger partial charge in [-0.2, -0.15) is 13.2 Å². The number of benzene rings is 2. The molecule has 1 aromatic heterocycles. The van der Waals surface area contributed by atoms with Crippen LogP contribution in [0.4, 0.5) is 13.2 Å². The van der Waals surface area contributed by atoms with Crippen molar-refractivity contribution in [3.63, 3.8) is 0 Å². The molecule has 1 aliphatic rings. The third-order valence-corrected chi connectivity index (χ3v) is 7.31. The highest BCUT2D eigenvalue weighted by atomic mass is 35.5. The summed E-state index contributed by atoms with van der Waals surface area (Å²) in [4.78, 5) is 18.0. The molecule has 210 valence electrons. The lowest BCUT2D eigenvalue weighted by Gasteiger charge is -2.37. The molecule has 0 radical (unpaired) electrons. The van der Waals surface area contributed by atoms with Gasteiger partial charge in [0.2, 0.25) is 0 Å². The van der Waals surface area contributed by atoms with Crippen molar-refractivity contribution in [1.82, 2.24) is 14.4 Å². The topological polar surface area (TPSA) is 37.7 Å². The van der Waals surface area contributed by atoms with E-state index in [-0.39, 0.29) is 28.8 Å². The predicted octanol–water partition coefficient (Wildman–Crippen LogP) is 6.61. The van der Waals surface area contributed by atoms with Gasteiger partial charge in [-0.25, -0.2) is 0 Å². The third-order valence-electron chi connectivity index (χ3n) is 7.06. The van der Waals surface area contributed by atoms with Crippen LogP contribution in [-0.4, -0.2) is 66.7 Å². The molecule has 0 N–H and O–H groups in total. The van der Waals surface area contributed by atoms with Crippen molar-refractivity contribution in [3.8, 4) is 11.1 Å². The van der Waals surface area contributed by atoms with Crippen LogP contribution < -0.4 is 0 Å². The number of alkyl halides is 3. The summed E-state index contributed by atoms with van der Waals surface area (Å²) >= 11 is 6.09. The molecule has 0 bridgehead atoms. The Morgan fingerprint density at radius 3 is 2.23 bits per heavy atom. The average Bonchev–Trinajstić information content (AvgIpc) is 3.16. The molecule has 1 saturated heterocycles. The first-order valence-electron chi connectivity index (χ1n) is 13.0. The molecule has 0 spiro atoms. The van der Waals surface area contributed by atoms with Gasteiger partial charge in [-0.1, -0.05) is 67.9 Å². The third kappa shape index (κ3) is 6.86. The van der Waals surface area contributed by atoms with Gasteiger partial charge >= 0.3 is 6.18 Å². The van der Waals surface area contributed by atoms with Crippen molar-refractivity contribution in [2.75, 3.05) is 46.4 Å². The molecule has 0 atom stereocenters. The van der Waals surface area contributed by atoms with E-state index in [0.717, 1.165) is 24.2 Å². The molecule has 0 aliphatic carbocycles. The lowest BCUT2D eigenvalue weighted by atomic mass is 9.91. The number of carbonyl (C=O) groups excluding carboxylic acids is 1. The van der Waals surface area contributed by atoms with Crippen LogP contribution in [0.25, 0.3) is 11.1 Å². The van der Waals surface area contributed by atoms with Crippen LogP contribution in [0.1, 0.15) is 41.2 Å². The summed E-state index contributed by atoms with van der Waals surface area (Å²) in [7, 11) is 1.66. The summed E-state index contributed by atoms with van der Waals surface area (Å²) in [5.41, 5.74) is 0.392. The molecule has 1 aliphatic heterocycles. The van der Waals surface area contributed by atoms with Crippen LogP contribution in [0.5, 0.6) is 0 Å². The Hall–Kier alpha value is -2.81. The number of amides is 1. The number of nitrogens with zero attached hydrogens (tertiary/aromatic N) is 3. The molecule has 5 nitrogen and oxygen atoms in total. The second-order valence-electron chi connectivity index (χ2n) is 11.0. The van der Waals surface area contributed by atoms with Crippen LogP contribution >= 0.6 is 11.6 Å². The first-order chi connectivity index (χ1) is 18.4. The monoisotopic (exact) mass is 561 g/mol. The number of ether oxygens (including phenoxy) is 1. The summed E-state index contributed by atoms with van der Waals surface area (Å²) < 4.78 is 50.4. The standard InChI is InChI=1S/C30H35ClF3N3O2/c1-21-25(23-10-12-24(31)13-11-23)26(37(27(21)30(32,33)34)18-22-8-6-5-7-9-22)28(38)35(4)19-29(2,3)20-36-14-16-39-17-15-36/h5-13H,14-20H2,1-4H3. The summed E-state index contributed by atoms with van der Waals surface area (Å²) in [6.45, 7) is 9.58. The van der Waals surface area contributed by atoms with E-state index in [1.54, 1.807) is 60.5 Å². The smallest absolute Gasteiger partial charge is 0.379 e. The van der Waals surface area contributed by atoms with Crippen molar-refractivity contribution >= 4 is 17.5 Å². The number of rotatable bonds is 8. The molecule has 2 aromatic carbocycles. The molecule has 9 heteroatoms. The van der Waals surface area contributed by atoms with E-state index in [4.69, 9.17) is 16.3 Å². The number of aromatic nitrogens is 1. The largest absolute Gasteiger partial charge is 0.431 e. The minimum absolute atomic E-state index is 0.0186. The number of carbonyl (C=O) groups is 1. The Bertz CT molecular complexity index is 1280. The molecule has 2 heterocycles. The van der Waals surface area contributed by atoms with Crippen LogP contribution in [0.2, 0.25) is 5.02 Å². The highest BCUT2D eigenvalue weighted by Crippen LogP contribution is 2.42. The lowest BCUT2D eigenvalue weighted by molar-refractivity contribution is -0.143. The van der Waals surface area contributed by atoms with Gasteiger partial charge in [0.15, 0.2) is 0 Å². The zero-order valence-corrected chi connectivity index (χ0v) is 23.6. The SMILES string of the molecule is Cc1c(-c2ccc(Cl)cc2)c(C(=O)N(C)CC(C)(C)CN2CCOCC2)n(Cc2ccccc2)c1C(F)(F)F. The minimum atomic E-state index is -4.66. The molecule has 0 saturated carbocycles. The maximum atomic E-state index is 14.6. The van der Waals surface area contributed by atoms with E-state index in [1.165, 1.54) is 6.92 Å². The normalized spacial score (nSPS) is 15.0. The van der Waals surface area contributed by atoms with Crippen LogP contribution in [0.15, 0.2) is 54.6 Å². The lowest BCUT2D eigenvalue weighted by Crippen LogP contribution is -2.46. The highest BCUT2D eigenvalue weighted by molar-refractivity contribution is 6.30. The molecule has 4 rings (SSSR count). The van der Waals surface area contributed by atoms with Gasteiger partial charge in [0, 0.05) is 50.4 Å². The summed E-state index contributed by atoms with van der Waals surface area (Å²) in [6.07, 6.45) is -4.66. The molecular formula is C30H35ClF3N3O2. The average molecular weight is 562 g/mol. The van der Waals surface area contributed by atoms with Crippen LogP contribution in [0, 0.1) is 12.3 Å². The Kier molecular flexibility index (Phi) is 8.78. The zero-order valence-electron chi connectivity index (χ0n) is 22.8. The molecule has 39 heavy (non-hydrogen) atoms. The van der Waals surface area contributed by atoms with Gasteiger partial charge in [0.05, 0.1) is 13.2 Å². The maximum absolute atomic E-state index is 14.6. The Balaban J connectivity index is 1.80. The first-order valence-corrected chi connectivity index (χ1v) is 13.4. The minimum Gasteiger partial charge on any atom is -0.379 e. The van der Waals surface area contributed by atoms with Gasteiger partial charge in [0.25, 0.3) is 5.91 Å². The molecule has 0 unspecified atom stereocenters. The highest BCUT2D eigenvalue weighted by Gasteiger charge is 2.42. The van der Waals surface area contributed by atoms with Crippen LogP contribution in [-0.2, 0) is 17.5 Å². The fraction of sp³-hybridized carbons (Fsp3) is 0.433. The van der Waals surface area contributed by atoms with Crippen molar-refractivity contribution < 1.29 is 22.7 Å². The van der Waals surface area contributed by atoms with Gasteiger partial charge < -0.3 is 14.2 Å². The Morgan fingerprint density at radius 2 is 1.64 bits per heavy atom. The quantitative estimate of drug-likeness (QED) is 0.310. The number of morpholine rings is 1. The zero-order chi connectivity index (χ0) is 28.4. The molecule has 3 aromatic rings. The number of hydrogen-bond acceptors (Lipinski definition) is 3.